The lowest BCUT2D eigenvalue weighted by Crippen LogP contribution is -2.32. The number of fused-ring (bicyclic) bond motifs is 1. The van der Waals surface area contributed by atoms with Crippen LogP contribution >= 0.6 is 0 Å². The summed E-state index contributed by atoms with van der Waals surface area (Å²) < 4.78 is 19.9. The molecule has 0 aliphatic carbocycles. The van der Waals surface area contributed by atoms with Gasteiger partial charge in [0.25, 0.3) is 0 Å². The number of hydrogen-bond donors (Lipinski definition) is 0. The third-order valence-corrected chi connectivity index (χ3v) is 4.51. The molecule has 25 heavy (non-hydrogen) atoms. The van der Waals surface area contributed by atoms with Gasteiger partial charge in [0.05, 0.1) is 18.1 Å². The number of rotatable bonds is 3. The normalized spacial score (nSPS) is 17.2. The fourth-order valence-electron chi connectivity index (χ4n) is 3.54. The first-order valence-electron chi connectivity index (χ1n) is 8.31. The third kappa shape index (κ3) is 3.32. The second-order valence-electron chi connectivity index (χ2n) is 7.39. The fraction of sp³-hybridized carbons (Fsp3) is 0.389. The van der Waals surface area contributed by atoms with E-state index in [0.717, 1.165) is 30.9 Å². The van der Waals surface area contributed by atoms with E-state index in [0.29, 0.717) is 6.54 Å². The second kappa shape index (κ2) is 6.07. The molecule has 0 fully saturated rings. The monoisotopic (exact) mass is 341 g/mol. The molecule has 1 aliphatic rings. The Labute approximate surface area is 145 Å². The van der Waals surface area contributed by atoms with E-state index < -0.39 is 0 Å². The number of hydrogen-bond acceptors (Lipinski definition) is 5. The lowest BCUT2D eigenvalue weighted by Gasteiger charge is -2.29. The summed E-state index contributed by atoms with van der Waals surface area (Å²) in [5.74, 6) is -0.241. The Morgan fingerprint density at radius 2 is 2.00 bits per heavy atom. The minimum Gasteiger partial charge on any atom is -0.292 e. The molecule has 0 spiro atoms. The number of aromatic nitrogens is 4. The first-order valence-corrected chi connectivity index (χ1v) is 8.31. The highest BCUT2D eigenvalue weighted by molar-refractivity contribution is 5.36. The summed E-state index contributed by atoms with van der Waals surface area (Å²) >= 11 is 0. The van der Waals surface area contributed by atoms with E-state index in [4.69, 9.17) is 4.63 Å². The molecule has 3 aromatic rings. The summed E-state index contributed by atoms with van der Waals surface area (Å²) in [6, 6.07) is 6.46. The van der Waals surface area contributed by atoms with Crippen molar-refractivity contribution in [3.63, 3.8) is 0 Å². The smallest absolute Gasteiger partial charge is 0.123 e. The quantitative estimate of drug-likeness (QED) is 0.733. The van der Waals surface area contributed by atoms with E-state index in [1.54, 1.807) is 18.3 Å². The highest BCUT2D eigenvalue weighted by Crippen LogP contribution is 2.32. The van der Waals surface area contributed by atoms with E-state index in [1.807, 2.05) is 10.9 Å². The maximum absolute atomic E-state index is 13.2. The van der Waals surface area contributed by atoms with Crippen LogP contribution < -0.4 is 0 Å². The Kier molecular flexibility index (Phi) is 3.88. The molecule has 0 unspecified atom stereocenters. The fourth-order valence-corrected chi connectivity index (χ4v) is 3.54. The van der Waals surface area contributed by atoms with Crippen LogP contribution in [0.25, 0.3) is 5.69 Å². The van der Waals surface area contributed by atoms with Crippen molar-refractivity contribution >= 4 is 0 Å². The molecule has 0 atom stereocenters. The van der Waals surface area contributed by atoms with Gasteiger partial charge in [0.1, 0.15) is 11.5 Å². The molecule has 0 amide bonds. The van der Waals surface area contributed by atoms with Gasteiger partial charge in [-0.15, -0.1) is 0 Å². The molecule has 0 radical (unpaired) electrons. The van der Waals surface area contributed by atoms with Crippen molar-refractivity contribution in [1.29, 1.82) is 0 Å². The Hall–Kier alpha value is -2.54. The topological polar surface area (TPSA) is 60.0 Å². The maximum atomic E-state index is 13.2. The Morgan fingerprint density at radius 1 is 1.20 bits per heavy atom. The minimum atomic E-state index is -0.241. The highest BCUT2D eigenvalue weighted by Gasteiger charge is 2.31. The zero-order valence-electron chi connectivity index (χ0n) is 14.3. The van der Waals surface area contributed by atoms with Crippen molar-refractivity contribution in [2.45, 2.75) is 33.4 Å². The van der Waals surface area contributed by atoms with Crippen LogP contribution in [0.15, 0.2) is 41.3 Å². The molecule has 0 bridgehead atoms. The predicted octanol–water partition coefficient (Wildman–Crippen LogP) is 2.98. The molecule has 0 saturated carbocycles. The van der Waals surface area contributed by atoms with Gasteiger partial charge in [-0.25, -0.2) is 13.7 Å². The molecule has 6 nitrogen and oxygen atoms in total. The first kappa shape index (κ1) is 16.0. The molecule has 1 aliphatic heterocycles. The van der Waals surface area contributed by atoms with Gasteiger partial charge in [-0.2, -0.15) is 5.10 Å². The third-order valence-electron chi connectivity index (χ3n) is 4.51. The van der Waals surface area contributed by atoms with Crippen LogP contribution in [0.1, 0.15) is 30.8 Å². The van der Waals surface area contributed by atoms with Crippen LogP contribution in [-0.2, 0) is 19.5 Å². The maximum Gasteiger partial charge on any atom is 0.123 e. The zero-order valence-corrected chi connectivity index (χ0v) is 14.3. The molecule has 0 N–H and O–H groups in total. The number of nitrogens with zero attached hydrogens (tertiary/aromatic N) is 5. The SMILES string of the molecule is CC1(C)Cc2c(cnn2-c2ccc(F)cc2)CN(Cc2cnon2)C1. The van der Waals surface area contributed by atoms with Crippen LogP contribution in [-0.4, -0.2) is 31.5 Å². The molecule has 7 heteroatoms. The Balaban J connectivity index is 1.67. The molecule has 4 rings (SSSR count). The van der Waals surface area contributed by atoms with Crippen molar-refractivity contribution in [2.24, 2.45) is 5.41 Å². The van der Waals surface area contributed by atoms with Gasteiger partial charge >= 0.3 is 0 Å². The molecular weight excluding hydrogens is 321 g/mol. The minimum absolute atomic E-state index is 0.0697. The molecule has 130 valence electrons. The number of halogens is 1. The van der Waals surface area contributed by atoms with Crippen LogP contribution in [0, 0.1) is 11.2 Å². The Bertz CT molecular complexity index is 854. The summed E-state index contributed by atoms with van der Waals surface area (Å²) in [5, 5.41) is 12.2. The lowest BCUT2D eigenvalue weighted by molar-refractivity contribution is 0.168. The van der Waals surface area contributed by atoms with Gasteiger partial charge in [-0.3, -0.25) is 4.90 Å². The summed E-state index contributed by atoms with van der Waals surface area (Å²) in [4.78, 5) is 2.34. The average molecular weight is 341 g/mol. The van der Waals surface area contributed by atoms with Gasteiger partial charge in [0, 0.05) is 30.9 Å². The second-order valence-corrected chi connectivity index (χ2v) is 7.39. The van der Waals surface area contributed by atoms with Gasteiger partial charge in [0.2, 0.25) is 0 Å². The van der Waals surface area contributed by atoms with E-state index in [-0.39, 0.29) is 11.2 Å². The van der Waals surface area contributed by atoms with E-state index >= 15 is 0 Å². The van der Waals surface area contributed by atoms with Gasteiger partial charge in [-0.1, -0.05) is 24.2 Å². The molecular formula is C18H20FN5O. The zero-order chi connectivity index (χ0) is 17.4. The van der Waals surface area contributed by atoms with Crippen LogP contribution in [0.3, 0.4) is 0 Å². The van der Waals surface area contributed by atoms with E-state index in [2.05, 4.69) is 34.2 Å². The molecule has 3 heterocycles. The van der Waals surface area contributed by atoms with Crippen molar-refractivity contribution in [1.82, 2.24) is 25.0 Å². The van der Waals surface area contributed by atoms with Crippen molar-refractivity contribution in [3.05, 3.63) is 59.4 Å². The molecule has 1 aromatic carbocycles. The van der Waals surface area contributed by atoms with Crippen molar-refractivity contribution in [3.8, 4) is 5.69 Å². The molecule has 0 saturated heterocycles. The Morgan fingerprint density at radius 3 is 2.72 bits per heavy atom. The van der Waals surface area contributed by atoms with Crippen LogP contribution in [0.4, 0.5) is 4.39 Å². The number of benzene rings is 1. The standard InChI is InChI=1S/C18H20FN5O/c1-18(2)7-17-13(10-23(12-18)11-15-9-21-25-22-15)8-20-24(17)16-5-3-14(19)4-6-16/h3-6,8-9H,7,10-12H2,1-2H3. The van der Waals surface area contributed by atoms with Gasteiger partial charge in [-0.05, 0) is 36.1 Å². The van der Waals surface area contributed by atoms with Crippen LogP contribution in [0.2, 0.25) is 0 Å². The van der Waals surface area contributed by atoms with Crippen molar-refractivity contribution < 1.29 is 9.02 Å². The van der Waals surface area contributed by atoms with E-state index in [1.165, 1.54) is 23.4 Å². The summed E-state index contributed by atoms with van der Waals surface area (Å²) in [7, 11) is 0. The largest absolute Gasteiger partial charge is 0.292 e. The summed E-state index contributed by atoms with van der Waals surface area (Å²) in [6.45, 7) is 6.90. The van der Waals surface area contributed by atoms with E-state index in [9.17, 15) is 4.39 Å². The summed E-state index contributed by atoms with van der Waals surface area (Å²) in [6.07, 6.45) is 4.46. The average Bonchev–Trinajstić information content (AvgIpc) is 3.16. The van der Waals surface area contributed by atoms with Gasteiger partial charge in [0.15, 0.2) is 0 Å². The lowest BCUT2D eigenvalue weighted by atomic mass is 9.87. The summed E-state index contributed by atoms with van der Waals surface area (Å²) in [5.41, 5.74) is 4.14. The van der Waals surface area contributed by atoms with Crippen molar-refractivity contribution in [2.75, 3.05) is 6.54 Å². The van der Waals surface area contributed by atoms with Gasteiger partial charge < -0.3 is 0 Å². The highest BCUT2D eigenvalue weighted by atomic mass is 19.1. The first-order chi connectivity index (χ1) is 12.0. The van der Waals surface area contributed by atoms with Crippen LogP contribution in [0.5, 0.6) is 0 Å². The molecule has 2 aromatic heterocycles. The predicted molar refractivity (Wildman–Crippen MR) is 89.4 cm³/mol.